The highest BCUT2D eigenvalue weighted by Crippen LogP contribution is 2.19. The summed E-state index contributed by atoms with van der Waals surface area (Å²) in [5.74, 6) is -1.82. The van der Waals surface area contributed by atoms with E-state index in [9.17, 15) is 18.0 Å². The molecule has 1 amide bonds. The second kappa shape index (κ2) is 3.12. The first kappa shape index (κ1) is 9.63. The largest absolute Gasteiger partial charge is 0.471 e. The monoisotopic (exact) mass is 193 g/mol. The van der Waals surface area contributed by atoms with E-state index < -0.39 is 12.1 Å². The average Bonchev–Trinajstić information content (AvgIpc) is 2.33. The number of aryl methyl sites for hydroxylation is 1. The van der Waals surface area contributed by atoms with Crippen LogP contribution < -0.4 is 5.32 Å². The molecule has 3 nitrogen and oxygen atoms in total. The third-order valence-electron chi connectivity index (χ3n) is 1.23. The van der Waals surface area contributed by atoms with E-state index in [0.29, 0.717) is 5.76 Å². The van der Waals surface area contributed by atoms with Gasteiger partial charge < -0.3 is 4.42 Å². The Hall–Kier alpha value is -1.46. The third-order valence-corrected chi connectivity index (χ3v) is 1.23. The number of anilines is 1. The van der Waals surface area contributed by atoms with Gasteiger partial charge in [-0.05, 0) is 13.0 Å². The first-order valence-electron chi connectivity index (χ1n) is 3.34. The van der Waals surface area contributed by atoms with E-state index in [1.54, 1.807) is 12.2 Å². The highest BCUT2D eigenvalue weighted by atomic mass is 19.4. The molecular weight excluding hydrogens is 187 g/mol. The summed E-state index contributed by atoms with van der Waals surface area (Å²) in [6.45, 7) is 1.56. The number of hydrogen-bond acceptors (Lipinski definition) is 2. The molecule has 0 bridgehead atoms. The Balaban J connectivity index is 2.65. The zero-order valence-corrected chi connectivity index (χ0v) is 6.61. The fourth-order valence-corrected chi connectivity index (χ4v) is 0.684. The van der Waals surface area contributed by atoms with Crippen LogP contribution in [0.5, 0.6) is 0 Å². The summed E-state index contributed by atoms with van der Waals surface area (Å²) in [6.07, 6.45) is -4.89. The molecule has 0 aliphatic rings. The smallest absolute Gasteiger partial charge is 0.446 e. The molecule has 72 valence electrons. The Morgan fingerprint density at radius 2 is 2.08 bits per heavy atom. The van der Waals surface area contributed by atoms with Crippen molar-refractivity contribution in [3.63, 3.8) is 0 Å². The van der Waals surface area contributed by atoms with Crippen molar-refractivity contribution in [2.24, 2.45) is 0 Å². The molecule has 6 heteroatoms. The molecule has 1 aromatic heterocycles. The summed E-state index contributed by atoms with van der Waals surface area (Å²) >= 11 is 0. The van der Waals surface area contributed by atoms with Gasteiger partial charge in [-0.3, -0.25) is 10.1 Å². The van der Waals surface area contributed by atoms with Crippen molar-refractivity contribution in [3.05, 3.63) is 17.9 Å². The minimum atomic E-state index is -4.89. The van der Waals surface area contributed by atoms with Gasteiger partial charge in [0.2, 0.25) is 0 Å². The van der Waals surface area contributed by atoms with Gasteiger partial charge in [-0.2, -0.15) is 13.2 Å². The van der Waals surface area contributed by atoms with E-state index in [1.165, 1.54) is 12.1 Å². The number of halogens is 3. The van der Waals surface area contributed by atoms with Gasteiger partial charge in [0.15, 0.2) is 5.88 Å². The van der Waals surface area contributed by atoms with Crippen molar-refractivity contribution < 1.29 is 22.4 Å². The highest BCUT2D eigenvalue weighted by Gasteiger charge is 2.39. The van der Waals surface area contributed by atoms with E-state index in [-0.39, 0.29) is 5.88 Å². The number of rotatable bonds is 1. The molecule has 0 spiro atoms. The van der Waals surface area contributed by atoms with Gasteiger partial charge in [-0.15, -0.1) is 0 Å². The van der Waals surface area contributed by atoms with Gasteiger partial charge in [0.1, 0.15) is 5.76 Å². The summed E-state index contributed by atoms with van der Waals surface area (Å²) in [4.78, 5) is 10.3. The van der Waals surface area contributed by atoms with Gasteiger partial charge in [0.25, 0.3) is 0 Å². The van der Waals surface area contributed by atoms with Gasteiger partial charge in [-0.1, -0.05) is 0 Å². The highest BCUT2D eigenvalue weighted by molar-refractivity contribution is 5.93. The zero-order chi connectivity index (χ0) is 10.1. The maximum atomic E-state index is 11.7. The van der Waals surface area contributed by atoms with Crippen molar-refractivity contribution in [2.45, 2.75) is 13.1 Å². The molecule has 0 radical (unpaired) electrons. The van der Waals surface area contributed by atoms with Crippen LogP contribution in [0.25, 0.3) is 0 Å². The summed E-state index contributed by atoms with van der Waals surface area (Å²) in [7, 11) is 0. The van der Waals surface area contributed by atoms with Gasteiger partial charge in [0.05, 0.1) is 0 Å². The Morgan fingerprint density at radius 3 is 2.46 bits per heavy atom. The topological polar surface area (TPSA) is 42.2 Å². The summed E-state index contributed by atoms with van der Waals surface area (Å²) in [6, 6.07) is 2.70. The second-order valence-electron chi connectivity index (χ2n) is 2.36. The van der Waals surface area contributed by atoms with Crippen molar-refractivity contribution in [1.82, 2.24) is 0 Å². The summed E-state index contributed by atoms with van der Waals surface area (Å²) in [5.41, 5.74) is 0. The van der Waals surface area contributed by atoms with Crippen molar-refractivity contribution in [3.8, 4) is 0 Å². The Morgan fingerprint density at radius 1 is 1.46 bits per heavy atom. The second-order valence-corrected chi connectivity index (χ2v) is 2.36. The lowest BCUT2D eigenvalue weighted by Gasteiger charge is -2.04. The summed E-state index contributed by atoms with van der Waals surface area (Å²) in [5, 5.41) is 1.57. The maximum absolute atomic E-state index is 11.7. The van der Waals surface area contributed by atoms with Crippen LogP contribution in [0.2, 0.25) is 0 Å². The first-order chi connectivity index (χ1) is 5.89. The van der Waals surface area contributed by atoms with E-state index in [4.69, 9.17) is 4.42 Å². The number of furan rings is 1. The van der Waals surface area contributed by atoms with E-state index >= 15 is 0 Å². The van der Waals surface area contributed by atoms with Crippen molar-refractivity contribution in [1.29, 1.82) is 0 Å². The lowest BCUT2D eigenvalue weighted by atomic mass is 10.5. The molecule has 1 rings (SSSR count). The van der Waals surface area contributed by atoms with Crippen LogP contribution in [0.3, 0.4) is 0 Å². The molecule has 0 saturated heterocycles. The molecule has 13 heavy (non-hydrogen) atoms. The number of alkyl halides is 3. The normalized spacial score (nSPS) is 11.4. The fourth-order valence-electron chi connectivity index (χ4n) is 0.684. The SMILES string of the molecule is Cc1ccc(NC(=O)C(F)(F)F)o1. The van der Waals surface area contributed by atoms with Crippen LogP contribution in [-0.2, 0) is 4.79 Å². The molecule has 0 unspecified atom stereocenters. The van der Waals surface area contributed by atoms with Gasteiger partial charge in [0, 0.05) is 6.07 Å². The van der Waals surface area contributed by atoms with Crippen LogP contribution in [0.4, 0.5) is 19.1 Å². The van der Waals surface area contributed by atoms with Crippen LogP contribution in [0.1, 0.15) is 5.76 Å². The molecule has 1 aromatic rings. The van der Waals surface area contributed by atoms with Crippen LogP contribution in [-0.4, -0.2) is 12.1 Å². The minimum absolute atomic E-state index is 0.208. The molecule has 0 aromatic carbocycles. The zero-order valence-electron chi connectivity index (χ0n) is 6.61. The molecular formula is C7H6F3NO2. The Kier molecular flexibility index (Phi) is 2.31. The fraction of sp³-hybridized carbons (Fsp3) is 0.286. The first-order valence-corrected chi connectivity index (χ1v) is 3.34. The van der Waals surface area contributed by atoms with Crippen LogP contribution in [0, 0.1) is 6.92 Å². The third kappa shape index (κ3) is 2.50. The minimum Gasteiger partial charge on any atom is -0.446 e. The number of carbonyl (C=O) groups is 1. The van der Waals surface area contributed by atoms with Crippen molar-refractivity contribution >= 4 is 11.8 Å². The molecule has 0 atom stereocenters. The lowest BCUT2D eigenvalue weighted by Crippen LogP contribution is -2.29. The molecule has 0 aliphatic heterocycles. The molecule has 1 N–H and O–H groups in total. The maximum Gasteiger partial charge on any atom is 0.471 e. The number of carbonyl (C=O) groups excluding carboxylic acids is 1. The molecule has 0 saturated carbocycles. The predicted molar refractivity (Wildman–Crippen MR) is 38.1 cm³/mol. The molecule has 1 heterocycles. The number of nitrogens with one attached hydrogen (secondary N) is 1. The predicted octanol–water partition coefficient (Wildman–Crippen LogP) is 2.09. The molecule has 0 fully saturated rings. The van der Waals surface area contributed by atoms with Crippen molar-refractivity contribution in [2.75, 3.05) is 5.32 Å². The number of amides is 1. The standard InChI is InChI=1S/C7H6F3NO2/c1-4-2-3-5(13-4)11-6(12)7(8,9)10/h2-3H,1H3,(H,11,12). The van der Waals surface area contributed by atoms with Crippen LogP contribution in [0.15, 0.2) is 16.5 Å². The Bertz CT molecular complexity index is 316. The van der Waals surface area contributed by atoms with E-state index in [1.807, 2.05) is 0 Å². The molecule has 0 aliphatic carbocycles. The lowest BCUT2D eigenvalue weighted by molar-refractivity contribution is -0.167. The van der Waals surface area contributed by atoms with Gasteiger partial charge >= 0.3 is 12.1 Å². The average molecular weight is 193 g/mol. The van der Waals surface area contributed by atoms with Gasteiger partial charge in [-0.25, -0.2) is 0 Å². The van der Waals surface area contributed by atoms with E-state index in [2.05, 4.69) is 0 Å². The Labute approximate surface area is 71.5 Å². The van der Waals surface area contributed by atoms with Crippen LogP contribution >= 0.6 is 0 Å². The van der Waals surface area contributed by atoms with E-state index in [0.717, 1.165) is 0 Å². The number of hydrogen-bond donors (Lipinski definition) is 1. The summed E-state index contributed by atoms with van der Waals surface area (Å²) < 4.78 is 39.8. The quantitative estimate of drug-likeness (QED) is 0.741.